The maximum Gasteiger partial charge on any atom is 0.435 e. The number of nitrogens with two attached hydrogens (primary N) is 1. The van der Waals surface area contributed by atoms with Gasteiger partial charge in [0.05, 0.1) is 10.0 Å². The molecule has 124 valence electrons. The fourth-order valence-electron chi connectivity index (χ4n) is 2.12. The third-order valence-corrected chi connectivity index (χ3v) is 3.75. The second-order valence-corrected chi connectivity index (χ2v) is 5.55. The van der Waals surface area contributed by atoms with E-state index < -0.39 is 17.7 Å². The minimum Gasteiger partial charge on any atom is -0.383 e. The first-order valence-electron chi connectivity index (χ1n) is 6.47. The highest BCUT2D eigenvalue weighted by Crippen LogP contribution is 2.41. The topological polar surface area (TPSA) is 69.6 Å². The average Bonchev–Trinajstić information content (AvgIpc) is 2.89. The van der Waals surface area contributed by atoms with Gasteiger partial charge in [0.15, 0.2) is 5.69 Å². The lowest BCUT2D eigenvalue weighted by Crippen LogP contribution is -2.09. The van der Waals surface area contributed by atoms with Crippen molar-refractivity contribution in [3.05, 3.63) is 52.6 Å². The Morgan fingerprint density at radius 2 is 1.79 bits per heavy atom. The van der Waals surface area contributed by atoms with Crippen molar-refractivity contribution in [1.29, 1.82) is 0 Å². The van der Waals surface area contributed by atoms with E-state index in [-0.39, 0.29) is 27.4 Å². The Morgan fingerprint density at radius 3 is 2.38 bits per heavy atom. The normalized spacial score (nSPS) is 11.7. The van der Waals surface area contributed by atoms with Crippen LogP contribution in [0, 0.1) is 5.82 Å². The number of halogens is 5. The van der Waals surface area contributed by atoms with Gasteiger partial charge in [0.2, 0.25) is 0 Å². The van der Waals surface area contributed by atoms with Crippen LogP contribution in [0.3, 0.4) is 0 Å². The molecule has 0 unspecified atom stereocenters. The lowest BCUT2D eigenvalue weighted by atomic mass is 10.1. The number of aromatic nitrogens is 4. The second kappa shape index (κ2) is 5.86. The quantitative estimate of drug-likeness (QED) is 0.662. The van der Waals surface area contributed by atoms with Gasteiger partial charge < -0.3 is 5.73 Å². The summed E-state index contributed by atoms with van der Waals surface area (Å²) in [7, 11) is 0. The molecule has 1 aromatic carbocycles. The van der Waals surface area contributed by atoms with Gasteiger partial charge in [0, 0.05) is 12.4 Å². The molecular weight excluding hydrogens is 394 g/mol. The van der Waals surface area contributed by atoms with Crippen LogP contribution in [0.2, 0.25) is 0 Å². The fourth-order valence-corrected chi connectivity index (χ4v) is 2.50. The predicted octanol–water partition coefficient (Wildman–Crippen LogP) is 3.83. The van der Waals surface area contributed by atoms with Gasteiger partial charge in [-0.25, -0.2) is 14.4 Å². The molecule has 0 saturated heterocycles. The van der Waals surface area contributed by atoms with Gasteiger partial charge in [-0.15, -0.1) is 0 Å². The largest absolute Gasteiger partial charge is 0.435 e. The molecule has 3 aromatic rings. The van der Waals surface area contributed by atoms with Gasteiger partial charge in [-0.3, -0.25) is 0 Å². The van der Waals surface area contributed by atoms with Crippen molar-refractivity contribution in [2.24, 2.45) is 0 Å². The average molecular weight is 402 g/mol. The highest BCUT2D eigenvalue weighted by molar-refractivity contribution is 9.10. The van der Waals surface area contributed by atoms with E-state index in [0.29, 0.717) is 0 Å². The van der Waals surface area contributed by atoms with Crippen molar-refractivity contribution < 1.29 is 17.6 Å². The highest BCUT2D eigenvalue weighted by atomic mass is 79.9. The van der Waals surface area contributed by atoms with Crippen LogP contribution < -0.4 is 5.73 Å². The summed E-state index contributed by atoms with van der Waals surface area (Å²) in [5, 5.41) is 3.51. The molecule has 0 radical (unpaired) electrons. The molecule has 0 aliphatic heterocycles. The van der Waals surface area contributed by atoms with Crippen molar-refractivity contribution >= 4 is 21.7 Å². The molecule has 2 N–H and O–H groups in total. The van der Waals surface area contributed by atoms with Crippen molar-refractivity contribution in [2.45, 2.75) is 6.18 Å². The Labute approximate surface area is 141 Å². The Balaban J connectivity index is 2.28. The van der Waals surface area contributed by atoms with Crippen LogP contribution in [0.15, 0.2) is 41.1 Å². The predicted molar refractivity (Wildman–Crippen MR) is 81.7 cm³/mol. The van der Waals surface area contributed by atoms with E-state index in [0.717, 1.165) is 10.7 Å². The van der Waals surface area contributed by atoms with E-state index in [1.165, 1.54) is 30.6 Å². The summed E-state index contributed by atoms with van der Waals surface area (Å²) in [4.78, 5) is 7.69. The molecule has 2 heterocycles. The van der Waals surface area contributed by atoms with Crippen LogP contribution >= 0.6 is 15.9 Å². The third-order valence-electron chi connectivity index (χ3n) is 3.14. The first-order chi connectivity index (χ1) is 11.3. The highest BCUT2D eigenvalue weighted by Gasteiger charge is 2.40. The van der Waals surface area contributed by atoms with Gasteiger partial charge >= 0.3 is 6.18 Å². The lowest BCUT2D eigenvalue weighted by molar-refractivity contribution is -0.140. The zero-order chi connectivity index (χ0) is 17.5. The Kier molecular flexibility index (Phi) is 3.99. The summed E-state index contributed by atoms with van der Waals surface area (Å²) in [6.45, 7) is 0. The molecule has 0 amide bonds. The number of hydrogen-bond donors (Lipinski definition) is 1. The molecule has 5 nitrogen and oxygen atoms in total. The molecule has 0 aliphatic rings. The van der Waals surface area contributed by atoms with Crippen LogP contribution in [-0.4, -0.2) is 19.7 Å². The molecule has 2 aromatic heterocycles. The van der Waals surface area contributed by atoms with E-state index in [1.807, 2.05) is 0 Å². The maximum absolute atomic E-state index is 13.4. The number of nitrogens with zero attached hydrogens (tertiary/aromatic N) is 4. The van der Waals surface area contributed by atoms with E-state index in [9.17, 15) is 17.6 Å². The Morgan fingerprint density at radius 1 is 1.12 bits per heavy atom. The smallest absolute Gasteiger partial charge is 0.383 e. The number of nitrogen functional groups attached to an aromatic ring is 1. The molecule has 0 saturated carbocycles. The van der Waals surface area contributed by atoms with Gasteiger partial charge in [0.25, 0.3) is 5.95 Å². The van der Waals surface area contributed by atoms with Crippen molar-refractivity contribution in [3.8, 4) is 17.1 Å². The van der Waals surface area contributed by atoms with E-state index in [2.05, 4.69) is 31.0 Å². The minimum absolute atomic E-state index is 0.0104. The molecule has 0 fully saturated rings. The molecule has 0 aliphatic carbocycles. The molecule has 3 rings (SSSR count). The lowest BCUT2D eigenvalue weighted by Gasteiger charge is -2.07. The number of anilines is 1. The molecule has 0 bridgehead atoms. The summed E-state index contributed by atoms with van der Waals surface area (Å²) in [6.07, 6.45) is -2.06. The first-order valence-corrected chi connectivity index (χ1v) is 7.27. The van der Waals surface area contributed by atoms with Gasteiger partial charge in [-0.2, -0.15) is 23.0 Å². The van der Waals surface area contributed by atoms with Gasteiger partial charge in [-0.1, -0.05) is 6.07 Å². The zero-order valence-electron chi connectivity index (χ0n) is 11.7. The molecular formula is C14H8BrF4N5. The standard InChI is InChI=1S/C14H8BrF4N5/c15-8-6-7(2-3-9(8)16)10-11(14(17,18)19)23-24(12(10)20)13-21-4-1-5-22-13/h1-6H,20H2. The Hall–Kier alpha value is -2.49. The van der Waals surface area contributed by atoms with Gasteiger partial charge in [0.1, 0.15) is 11.6 Å². The number of rotatable bonds is 2. The SMILES string of the molecule is Nc1c(-c2ccc(F)c(Br)c2)c(C(F)(F)F)nn1-c1ncccn1. The number of hydrogen-bond acceptors (Lipinski definition) is 4. The fraction of sp³-hybridized carbons (Fsp3) is 0.0714. The zero-order valence-corrected chi connectivity index (χ0v) is 13.3. The number of benzene rings is 1. The van der Waals surface area contributed by atoms with Crippen molar-refractivity contribution in [2.75, 3.05) is 5.73 Å². The van der Waals surface area contributed by atoms with Crippen molar-refractivity contribution in [1.82, 2.24) is 19.7 Å². The van der Waals surface area contributed by atoms with Crippen LogP contribution in [-0.2, 0) is 6.18 Å². The minimum atomic E-state index is -4.76. The molecule has 0 atom stereocenters. The van der Waals surface area contributed by atoms with E-state index >= 15 is 0 Å². The summed E-state index contributed by atoms with van der Waals surface area (Å²) in [5.41, 5.74) is 4.36. The molecule has 10 heteroatoms. The molecule has 0 spiro atoms. The first kappa shape index (κ1) is 16.4. The second-order valence-electron chi connectivity index (χ2n) is 4.70. The number of alkyl halides is 3. The maximum atomic E-state index is 13.4. The van der Waals surface area contributed by atoms with Crippen molar-refractivity contribution in [3.63, 3.8) is 0 Å². The summed E-state index contributed by atoms with van der Waals surface area (Å²) in [5.74, 6) is -1.01. The molecule has 24 heavy (non-hydrogen) atoms. The van der Waals surface area contributed by atoms with Crippen LogP contribution in [0.1, 0.15) is 5.69 Å². The third kappa shape index (κ3) is 2.84. The summed E-state index contributed by atoms with van der Waals surface area (Å²) in [6, 6.07) is 4.94. The van der Waals surface area contributed by atoms with E-state index in [4.69, 9.17) is 5.73 Å². The monoisotopic (exact) mass is 401 g/mol. The Bertz CT molecular complexity index is 892. The van der Waals surface area contributed by atoms with Crippen LogP contribution in [0.25, 0.3) is 17.1 Å². The van der Waals surface area contributed by atoms with Crippen LogP contribution in [0.5, 0.6) is 0 Å². The van der Waals surface area contributed by atoms with E-state index in [1.54, 1.807) is 0 Å². The van der Waals surface area contributed by atoms with Crippen LogP contribution in [0.4, 0.5) is 23.4 Å². The summed E-state index contributed by atoms with van der Waals surface area (Å²) < 4.78 is 54.3. The summed E-state index contributed by atoms with van der Waals surface area (Å²) >= 11 is 2.95. The van der Waals surface area contributed by atoms with Gasteiger partial charge in [-0.05, 0) is 39.7 Å².